The van der Waals surface area contributed by atoms with Gasteiger partial charge in [-0.2, -0.15) is 4.98 Å². The van der Waals surface area contributed by atoms with Gasteiger partial charge in [-0.1, -0.05) is 24.3 Å². The molecule has 0 bridgehead atoms. The van der Waals surface area contributed by atoms with Crippen molar-refractivity contribution in [1.29, 1.82) is 0 Å². The highest BCUT2D eigenvalue weighted by Gasteiger charge is 2.50. The molecule has 5 aromatic rings. The number of aliphatic hydroxyl groups is 1. The van der Waals surface area contributed by atoms with Gasteiger partial charge in [-0.05, 0) is 137 Å². The standard InChI is InChI=1S/C52H62N8O9S/c1-33-5-3-4-6-39(33)46-31-68-24-22-58(46)37-28-52(29-37)17-20-57(21-18-52)36-7-9-40(43(26-36)59-42-14-23-67-32-47(42)69-50-45(59)25-35-13-19-53-48(35)55-50)49(61)56-70(65,66)38-8-10-41(44(27-38)60(63)64)54-30-34-11-15-51(2,62)16-12-34/h3-10,13,19,25-27,34,37,42,46-47,54,62H,11-12,14-18,20-24,28-32H2,1-2H3,(H,53,55)(H,56,61)/t34-,42-,46-,47-,51-/m0/s1. The number of nitrogens with zero attached hydrogens (tertiary/aromatic N) is 5. The van der Waals surface area contributed by atoms with Crippen LogP contribution in [0.3, 0.4) is 0 Å². The molecule has 0 radical (unpaired) electrons. The maximum atomic E-state index is 14.7. The molecule has 3 aromatic carbocycles. The van der Waals surface area contributed by atoms with E-state index in [0.29, 0.717) is 74.6 Å². The molecule has 6 heterocycles. The van der Waals surface area contributed by atoms with Gasteiger partial charge in [-0.3, -0.25) is 19.8 Å². The number of carbonyl (C=O) groups is 1. The summed E-state index contributed by atoms with van der Waals surface area (Å²) in [6.07, 6.45) is 9.10. The molecule has 11 rings (SSSR count). The van der Waals surface area contributed by atoms with Crippen LogP contribution in [0, 0.1) is 28.4 Å². The highest BCUT2D eigenvalue weighted by Crippen LogP contribution is 2.54. The van der Waals surface area contributed by atoms with Crippen molar-refractivity contribution in [3.05, 3.63) is 106 Å². The number of ether oxygens (including phenoxy) is 3. The average Bonchev–Trinajstić information content (AvgIpc) is 3.81. The van der Waals surface area contributed by atoms with Gasteiger partial charge in [0.25, 0.3) is 21.6 Å². The largest absolute Gasteiger partial charge is 0.468 e. The summed E-state index contributed by atoms with van der Waals surface area (Å²) in [6, 6.07) is 22.2. The summed E-state index contributed by atoms with van der Waals surface area (Å²) in [5, 5.41) is 26.7. The summed E-state index contributed by atoms with van der Waals surface area (Å²) < 4.78 is 49.0. The van der Waals surface area contributed by atoms with Gasteiger partial charge in [0.05, 0.1) is 58.6 Å². The second-order valence-corrected chi connectivity index (χ2v) is 22.5. The van der Waals surface area contributed by atoms with Gasteiger partial charge in [0.1, 0.15) is 23.1 Å². The topological polar surface area (TPSA) is 205 Å². The Balaban J connectivity index is 0.868. The normalized spacial score (nSPS) is 25.9. The molecule has 4 N–H and O–H groups in total. The van der Waals surface area contributed by atoms with E-state index in [2.05, 4.69) is 60.9 Å². The lowest BCUT2D eigenvalue weighted by atomic mass is 9.59. The molecule has 2 aliphatic carbocycles. The van der Waals surface area contributed by atoms with Crippen molar-refractivity contribution in [2.24, 2.45) is 11.3 Å². The van der Waals surface area contributed by atoms with Crippen molar-refractivity contribution in [2.75, 3.05) is 67.7 Å². The van der Waals surface area contributed by atoms with E-state index in [4.69, 9.17) is 19.2 Å². The van der Waals surface area contributed by atoms with Crippen molar-refractivity contribution in [2.45, 2.75) is 106 Å². The molecule has 18 heteroatoms. The number of piperidine rings is 1. The Kier molecular flexibility index (Phi) is 12.3. The first-order valence-corrected chi connectivity index (χ1v) is 26.3. The van der Waals surface area contributed by atoms with E-state index >= 15 is 0 Å². The summed E-state index contributed by atoms with van der Waals surface area (Å²) in [5.74, 6) is -0.312. The van der Waals surface area contributed by atoms with E-state index in [0.717, 1.165) is 81.9 Å². The number of anilines is 4. The highest BCUT2D eigenvalue weighted by atomic mass is 32.2. The zero-order chi connectivity index (χ0) is 48.4. The third-order valence-corrected chi connectivity index (χ3v) is 17.6. The van der Waals surface area contributed by atoms with Crippen molar-refractivity contribution in [3.8, 4) is 5.88 Å². The molecular weight excluding hydrogens is 913 g/mol. The lowest BCUT2D eigenvalue weighted by Crippen LogP contribution is -2.58. The average molecular weight is 975 g/mol. The summed E-state index contributed by atoms with van der Waals surface area (Å²) >= 11 is 0. The number of aromatic nitrogens is 2. The number of H-pyrrole nitrogens is 1. The molecule has 370 valence electrons. The van der Waals surface area contributed by atoms with E-state index in [1.165, 1.54) is 23.3 Å². The van der Waals surface area contributed by atoms with E-state index in [1.54, 1.807) is 12.3 Å². The van der Waals surface area contributed by atoms with E-state index < -0.39 is 43.1 Å². The molecule has 2 aromatic heterocycles. The number of nitro groups is 1. The van der Waals surface area contributed by atoms with Gasteiger partial charge in [0.15, 0.2) is 0 Å². The summed E-state index contributed by atoms with van der Waals surface area (Å²) in [6.45, 7) is 9.24. The van der Waals surface area contributed by atoms with Crippen LogP contribution in [0.1, 0.15) is 92.2 Å². The Bertz CT molecular complexity index is 2900. The van der Waals surface area contributed by atoms with E-state index in [-0.39, 0.29) is 34.7 Å². The molecule has 1 spiro atoms. The van der Waals surface area contributed by atoms with Gasteiger partial charge in [-0.15, -0.1) is 0 Å². The van der Waals surface area contributed by atoms with Crippen LogP contribution in [0.15, 0.2) is 83.9 Å². The number of aryl methyl sites for hydroxylation is 1. The molecule has 17 nitrogen and oxygen atoms in total. The summed E-state index contributed by atoms with van der Waals surface area (Å²) in [7, 11) is -4.62. The maximum absolute atomic E-state index is 14.7. The predicted molar refractivity (Wildman–Crippen MR) is 265 cm³/mol. The molecule has 5 fully saturated rings. The number of benzene rings is 3. The fourth-order valence-electron chi connectivity index (χ4n) is 12.1. The minimum absolute atomic E-state index is 0.114. The van der Waals surface area contributed by atoms with Crippen molar-refractivity contribution in [3.63, 3.8) is 0 Å². The number of aromatic amines is 1. The Morgan fingerprint density at radius 2 is 1.73 bits per heavy atom. The summed E-state index contributed by atoms with van der Waals surface area (Å²) in [4.78, 5) is 41.1. The molecule has 1 amide bonds. The smallest absolute Gasteiger partial charge is 0.293 e. The number of nitro benzene ring substituents is 1. The second-order valence-electron chi connectivity index (χ2n) is 20.8. The minimum Gasteiger partial charge on any atom is -0.468 e. The van der Waals surface area contributed by atoms with Crippen LogP contribution in [0.25, 0.3) is 11.0 Å². The predicted octanol–water partition coefficient (Wildman–Crippen LogP) is 7.76. The third-order valence-electron chi connectivity index (χ3n) is 16.3. The zero-order valence-electron chi connectivity index (χ0n) is 39.8. The van der Waals surface area contributed by atoms with Crippen molar-refractivity contribution >= 4 is 55.4 Å². The number of amides is 1. The van der Waals surface area contributed by atoms with Gasteiger partial charge in [-0.25, -0.2) is 13.1 Å². The molecule has 3 saturated heterocycles. The lowest BCUT2D eigenvalue weighted by molar-refractivity contribution is -0.384. The van der Waals surface area contributed by atoms with E-state index in [9.17, 15) is 28.4 Å². The maximum Gasteiger partial charge on any atom is 0.293 e. The Hall–Kier alpha value is -5.79. The quantitative estimate of drug-likeness (QED) is 0.0738. The number of carbonyl (C=O) groups excluding carboxylic acids is 1. The lowest BCUT2D eigenvalue weighted by Gasteiger charge is -2.57. The molecule has 4 aliphatic heterocycles. The number of fused-ring (bicyclic) bond motifs is 3. The van der Waals surface area contributed by atoms with Crippen LogP contribution in [0.4, 0.5) is 28.4 Å². The van der Waals surface area contributed by atoms with Gasteiger partial charge in [0.2, 0.25) is 5.88 Å². The number of morpholine rings is 1. The fourth-order valence-corrected chi connectivity index (χ4v) is 13.1. The van der Waals surface area contributed by atoms with Crippen LogP contribution in [-0.4, -0.2) is 116 Å². The molecule has 70 heavy (non-hydrogen) atoms. The highest BCUT2D eigenvalue weighted by molar-refractivity contribution is 7.90. The molecule has 0 unspecified atom stereocenters. The molecular formula is C52H62N8O9S. The monoisotopic (exact) mass is 974 g/mol. The van der Waals surface area contributed by atoms with Crippen molar-refractivity contribution < 1.29 is 37.5 Å². The fraction of sp³-hybridized carbons (Fsp3) is 0.500. The Labute approximate surface area is 408 Å². The van der Waals surface area contributed by atoms with Crippen LogP contribution in [0.2, 0.25) is 0 Å². The first kappa shape index (κ1) is 46.6. The van der Waals surface area contributed by atoms with Crippen LogP contribution >= 0.6 is 0 Å². The van der Waals surface area contributed by atoms with Crippen LogP contribution < -0.4 is 24.6 Å². The zero-order valence-corrected chi connectivity index (χ0v) is 40.6. The van der Waals surface area contributed by atoms with Crippen LogP contribution in [-0.2, 0) is 19.5 Å². The van der Waals surface area contributed by atoms with Gasteiger partial charge < -0.3 is 39.4 Å². The first-order chi connectivity index (χ1) is 33.7. The Morgan fingerprint density at radius 1 is 0.943 bits per heavy atom. The number of rotatable bonds is 11. The molecule has 6 aliphatic rings. The molecule has 2 saturated carbocycles. The number of pyridine rings is 1. The number of sulfonamides is 1. The number of hydrogen-bond donors (Lipinski definition) is 4. The van der Waals surface area contributed by atoms with Gasteiger partial charge >= 0.3 is 0 Å². The molecule has 3 atom stereocenters. The Morgan fingerprint density at radius 3 is 2.51 bits per heavy atom. The van der Waals surface area contributed by atoms with E-state index in [1.807, 2.05) is 31.2 Å². The van der Waals surface area contributed by atoms with Gasteiger partial charge in [0, 0.05) is 62.2 Å². The second kappa shape index (κ2) is 18.4. The first-order valence-electron chi connectivity index (χ1n) is 24.8. The van der Waals surface area contributed by atoms with Crippen LogP contribution in [0.5, 0.6) is 5.88 Å². The third kappa shape index (κ3) is 8.97. The van der Waals surface area contributed by atoms with Crippen molar-refractivity contribution in [1.82, 2.24) is 19.6 Å². The SMILES string of the molecule is Cc1ccccc1[C@@H]1COCCN1C1CC2(CCN(c3ccc(C(=O)NS(=O)(=O)c4ccc(NC[C@H]5CC[C@](C)(O)CC5)c([N+](=O)[O-])c4)c(N4c5cc6cc[nH]c6nc5O[C@H]5COCC[C@@H]54)c3)CC2)C1. The minimum atomic E-state index is -4.62. The number of nitrogens with one attached hydrogen (secondary N) is 3. The summed E-state index contributed by atoms with van der Waals surface area (Å²) in [5.41, 5.74) is 4.75. The number of hydrogen-bond acceptors (Lipinski definition) is 14.